The third-order valence-corrected chi connectivity index (χ3v) is 22.5. The molecule has 7 rings (SSSR count). The number of carbonyl (C=O) groups excluding carboxylic acids is 12. The lowest BCUT2D eigenvalue weighted by Gasteiger charge is -2.46. The molecule has 108 heavy (non-hydrogen) atoms. The van der Waals surface area contributed by atoms with Gasteiger partial charge in [-0.15, -0.1) is 6.58 Å². The summed E-state index contributed by atoms with van der Waals surface area (Å²) >= 11 is 0. The van der Waals surface area contributed by atoms with Crippen LogP contribution in [-0.4, -0.2) is 264 Å². The lowest BCUT2D eigenvalue weighted by Crippen LogP contribution is -2.68. The van der Waals surface area contributed by atoms with Gasteiger partial charge in [0.25, 0.3) is 0 Å². The number of nitrogens with one attached hydrogen (secondary N) is 3. The van der Waals surface area contributed by atoms with Crippen molar-refractivity contribution in [2.24, 2.45) is 11.8 Å². The number of unbranched alkanes of at least 4 members (excludes halogenated alkanes) is 1. The van der Waals surface area contributed by atoms with Crippen LogP contribution in [0.4, 0.5) is 22.0 Å². The summed E-state index contributed by atoms with van der Waals surface area (Å²) in [5.41, 5.74) is -2.58. The van der Waals surface area contributed by atoms with Gasteiger partial charge in [0.05, 0.1) is 25.6 Å². The molecule has 596 valence electrons. The van der Waals surface area contributed by atoms with Crippen LogP contribution in [0.3, 0.4) is 0 Å². The van der Waals surface area contributed by atoms with Crippen LogP contribution in [0.5, 0.6) is 0 Å². The molecular formula is C78H111F5N12O13. The zero-order chi connectivity index (χ0) is 79.8. The molecule has 2 aromatic carbocycles. The minimum Gasteiger partial charge on any atom is -0.377 e. The average Bonchev–Trinajstić information content (AvgIpc) is 1.13. The van der Waals surface area contributed by atoms with Crippen LogP contribution in [0, 0.1) is 23.5 Å². The van der Waals surface area contributed by atoms with Crippen molar-refractivity contribution in [2.75, 3.05) is 88.7 Å². The number of hydrogen-bond acceptors (Lipinski definition) is 13. The molecule has 4 fully saturated rings. The van der Waals surface area contributed by atoms with Gasteiger partial charge in [0.2, 0.25) is 70.9 Å². The fourth-order valence-electron chi connectivity index (χ4n) is 15.3. The highest BCUT2D eigenvalue weighted by molar-refractivity contribution is 6.01. The van der Waals surface area contributed by atoms with E-state index in [0.717, 1.165) is 25.2 Å². The molecule has 2 bridgehead atoms. The Balaban J connectivity index is 1.35. The molecule has 2 saturated carbocycles. The van der Waals surface area contributed by atoms with Gasteiger partial charge in [0.1, 0.15) is 71.1 Å². The van der Waals surface area contributed by atoms with Gasteiger partial charge < -0.3 is 64.8 Å². The van der Waals surface area contributed by atoms with Crippen LogP contribution in [0.1, 0.15) is 160 Å². The topological polar surface area (TPSA) is 279 Å². The van der Waals surface area contributed by atoms with Crippen molar-refractivity contribution < 1.29 is 84.2 Å². The predicted molar refractivity (Wildman–Crippen MR) is 392 cm³/mol. The molecule has 12 amide bonds. The van der Waals surface area contributed by atoms with Gasteiger partial charge in [-0.2, -0.15) is 13.2 Å². The van der Waals surface area contributed by atoms with E-state index in [-0.39, 0.29) is 76.8 Å². The Morgan fingerprint density at radius 1 is 0.713 bits per heavy atom. The Morgan fingerprint density at radius 3 is 1.94 bits per heavy atom. The van der Waals surface area contributed by atoms with Crippen LogP contribution in [-0.2, 0) is 87.7 Å². The number of likely N-dealkylation sites (N-methyl/N-ethyl adjacent to an activating group) is 7. The summed E-state index contributed by atoms with van der Waals surface area (Å²) in [5, 5.41) is 8.47. The van der Waals surface area contributed by atoms with E-state index in [0.29, 0.717) is 75.5 Å². The van der Waals surface area contributed by atoms with E-state index in [4.69, 9.17) is 4.74 Å². The Morgan fingerprint density at radius 2 is 1.35 bits per heavy atom. The van der Waals surface area contributed by atoms with E-state index in [2.05, 4.69) is 22.5 Å². The zero-order valence-electron chi connectivity index (χ0n) is 64.7. The van der Waals surface area contributed by atoms with Gasteiger partial charge in [-0.3, -0.25) is 57.5 Å². The van der Waals surface area contributed by atoms with Crippen molar-refractivity contribution in [2.45, 2.75) is 223 Å². The van der Waals surface area contributed by atoms with E-state index >= 15 is 42.3 Å². The second-order valence-electron chi connectivity index (χ2n) is 29.7. The van der Waals surface area contributed by atoms with Crippen LogP contribution < -0.4 is 16.0 Å². The molecule has 0 unspecified atom stereocenters. The predicted octanol–water partition coefficient (Wildman–Crippen LogP) is 5.98. The van der Waals surface area contributed by atoms with Gasteiger partial charge in [-0.25, -0.2) is 8.78 Å². The summed E-state index contributed by atoms with van der Waals surface area (Å²) in [6.07, 6.45) is 1.94. The van der Waals surface area contributed by atoms with E-state index < -0.39 is 198 Å². The number of alkyl halides is 3. The Hall–Kier alpha value is -8.83. The van der Waals surface area contributed by atoms with Gasteiger partial charge in [-0.05, 0) is 138 Å². The maximum absolute atomic E-state index is 15.6. The van der Waals surface area contributed by atoms with Crippen molar-refractivity contribution in [1.29, 1.82) is 0 Å². The second-order valence-corrected chi connectivity index (χ2v) is 29.7. The van der Waals surface area contributed by atoms with Crippen LogP contribution >= 0.6 is 0 Å². The van der Waals surface area contributed by atoms with E-state index in [1.807, 2.05) is 19.1 Å². The summed E-state index contributed by atoms with van der Waals surface area (Å²) in [7, 11) is 9.74. The fraction of sp³-hybridized carbons (Fsp3) is 0.641. The highest BCUT2D eigenvalue weighted by atomic mass is 19.4. The van der Waals surface area contributed by atoms with Gasteiger partial charge in [0, 0.05) is 88.4 Å². The number of rotatable bonds is 17. The molecule has 30 heteroatoms. The van der Waals surface area contributed by atoms with Gasteiger partial charge in [-0.1, -0.05) is 82.5 Å². The molecule has 5 aliphatic rings. The molecular weight excluding hydrogens is 1410 g/mol. The van der Waals surface area contributed by atoms with Gasteiger partial charge in [0.15, 0.2) is 0 Å². The summed E-state index contributed by atoms with van der Waals surface area (Å²) in [5.74, 6) is -13.9. The minimum atomic E-state index is -5.42. The maximum Gasteiger partial charge on any atom is 0.422 e. The molecule has 3 heterocycles. The number of benzene rings is 2. The largest absolute Gasteiger partial charge is 0.422 e. The molecule has 25 nitrogen and oxygen atoms in total. The van der Waals surface area contributed by atoms with Crippen molar-refractivity contribution >= 4 is 70.9 Å². The van der Waals surface area contributed by atoms with Crippen molar-refractivity contribution in [3.63, 3.8) is 0 Å². The first-order chi connectivity index (χ1) is 51.1. The molecule has 0 radical (unpaired) electrons. The highest BCUT2D eigenvalue weighted by Gasteiger charge is 2.54. The summed E-state index contributed by atoms with van der Waals surface area (Å²) in [6.45, 7) is 11.2. The first kappa shape index (κ1) is 86.4. The number of fused-ring (bicyclic) bond motifs is 3. The third-order valence-electron chi connectivity index (χ3n) is 22.5. The molecule has 0 aromatic heterocycles. The third kappa shape index (κ3) is 20.7. The summed E-state index contributed by atoms with van der Waals surface area (Å²) in [6, 6.07) is -2.87. The molecule has 10 atom stereocenters. The highest BCUT2D eigenvalue weighted by Crippen LogP contribution is 2.39. The minimum absolute atomic E-state index is 0.0369. The number of hydrogen-bond donors (Lipinski definition) is 3. The van der Waals surface area contributed by atoms with Crippen LogP contribution in [0.2, 0.25) is 0 Å². The Kier molecular flexibility index (Phi) is 30.8. The average molecular weight is 1520 g/mol. The molecule has 3 N–H and O–H groups in total. The molecule has 1 spiro atoms. The molecule has 3 aliphatic heterocycles. The molecule has 2 aliphatic carbocycles. The van der Waals surface area contributed by atoms with Crippen molar-refractivity contribution in [1.82, 2.24) is 60.0 Å². The number of allylic oxidation sites excluding steroid dienone is 1. The van der Waals surface area contributed by atoms with E-state index in [1.54, 1.807) is 58.1 Å². The number of amides is 12. The lowest BCUT2D eigenvalue weighted by atomic mass is 9.74. The summed E-state index contributed by atoms with van der Waals surface area (Å²) < 4.78 is 78.1. The van der Waals surface area contributed by atoms with E-state index in [1.165, 1.54) is 73.8 Å². The maximum atomic E-state index is 15.6. The lowest BCUT2D eigenvalue weighted by molar-refractivity contribution is -0.158. The fourth-order valence-corrected chi connectivity index (χ4v) is 15.3. The quantitative estimate of drug-likeness (QED) is 0.0935. The number of aryl methyl sites for hydroxylation is 2. The Bertz CT molecular complexity index is 3600. The first-order valence-corrected chi connectivity index (χ1v) is 37.9. The van der Waals surface area contributed by atoms with Crippen molar-refractivity contribution in [3.05, 3.63) is 95.1 Å². The number of halogens is 5. The monoisotopic (exact) mass is 1520 g/mol. The summed E-state index contributed by atoms with van der Waals surface area (Å²) in [4.78, 5) is 193. The van der Waals surface area contributed by atoms with Crippen molar-refractivity contribution in [3.8, 4) is 0 Å². The van der Waals surface area contributed by atoms with Gasteiger partial charge >= 0.3 is 6.18 Å². The normalized spacial score (nSPS) is 25.8. The van der Waals surface area contributed by atoms with Crippen LogP contribution in [0.25, 0.3) is 0 Å². The Labute approximate surface area is 631 Å². The van der Waals surface area contributed by atoms with Crippen LogP contribution in [0.15, 0.2) is 61.2 Å². The molecule has 2 saturated heterocycles. The standard InChI is InChI=1S/C78H111F5N12O13/c1-14-19-21-29-57-68(99)85-66(48(6)15-2)74(105)89(9)47-64(98)91(11)58-30-22-20-25-39-94(73(58)104)61(42-50-33-31-49(16-3)32-34-50)72(103)88(8)46-62(96)84-56(36-35-51-40-54(79)65(55(80)41-51)78(81,82)83)70(101)95-45-53(108-18-5)43-59(95)69(100)86-77(37-26-38-77)76(107)93(13)67(52-27-23-24-28-52)75(106)92(12)60(44-63(97)90(57)10)71(102)87(7)17-4/h14,20,22,31-34,40-41,48,52-53,56-61,66-67H,1,15-19,21,23-30,35-39,42-47H2,2-13H3,(H,84,96)(H,85,99)(H,86,100)/b22-20-/t48-,53+,56-,57-,58-,59-,60-,61-,66-,67-/m0/s1. The zero-order valence-corrected chi connectivity index (χ0v) is 64.7. The first-order valence-electron chi connectivity index (χ1n) is 37.9. The number of carbonyl (C=O) groups is 12. The molecule has 2 aromatic rings. The second kappa shape index (κ2) is 38.5. The van der Waals surface area contributed by atoms with E-state index in [9.17, 15) is 37.1 Å². The smallest absolute Gasteiger partial charge is 0.377 e. The number of nitrogens with zero attached hydrogens (tertiary/aromatic N) is 9. The SMILES string of the molecule is C=CCCC[C@H]1C(=O)N[C@@H]([C@@H](C)CC)C(=O)N(C)CC(=O)N(C)[C@H]2C/C=C\CCN(C2=O)[C@@H](Cc2ccc(CC)cc2)C(=O)N(C)CC(=O)N[C@@H](CCc2cc(F)c(C(F)(F)F)c(F)c2)C(=O)N2C[C@H](OCC)C[C@H]2C(=O)NC2(CCC2)C(=O)N(C)[C@@H](C2CCCC2)C(=O)N(C)[C@H](C(=O)N(C)CC)CC(=O)N1C. The number of ether oxygens (including phenoxy) is 1.